The third kappa shape index (κ3) is 2.29. The van der Waals surface area contributed by atoms with Crippen LogP contribution in [0.5, 0.6) is 0 Å². The second kappa shape index (κ2) is 4.19. The molecule has 0 atom stereocenters. The van der Waals surface area contributed by atoms with E-state index in [0.717, 1.165) is 6.42 Å². The molecule has 0 radical (unpaired) electrons. The molecule has 0 saturated carbocycles. The molecule has 0 aromatic carbocycles. The summed E-state index contributed by atoms with van der Waals surface area (Å²) >= 11 is 4.65. The molecule has 6 nitrogen and oxygen atoms in total. The minimum Gasteiger partial charge on any atom is -0.346 e. The zero-order valence-electron chi connectivity index (χ0n) is 6.49. The smallest absolute Gasteiger partial charge is 0.315 e. The van der Waals surface area contributed by atoms with Crippen LogP contribution < -0.4 is 16.6 Å². The Labute approximate surface area is 74.5 Å². The second-order valence-electron chi connectivity index (χ2n) is 2.24. The third-order valence-corrected chi connectivity index (χ3v) is 1.48. The van der Waals surface area contributed by atoms with Gasteiger partial charge in [-0.3, -0.25) is 5.01 Å². The number of aromatic amines is 1. The number of hydrazine groups is 1. The van der Waals surface area contributed by atoms with Crippen LogP contribution in [0.1, 0.15) is 6.42 Å². The number of rotatable bonds is 4. The summed E-state index contributed by atoms with van der Waals surface area (Å²) in [4.78, 5) is 3.96. The monoisotopic (exact) mass is 189 g/mol. The number of nitrogens with two attached hydrogens (primary N) is 2. The van der Waals surface area contributed by atoms with Crippen molar-refractivity contribution in [2.75, 3.05) is 18.1 Å². The lowest BCUT2D eigenvalue weighted by Crippen LogP contribution is -2.33. The zero-order valence-corrected chi connectivity index (χ0v) is 7.30. The lowest BCUT2D eigenvalue weighted by molar-refractivity contribution is 0.403. The molecule has 0 aliphatic heterocycles. The van der Waals surface area contributed by atoms with Gasteiger partial charge in [0.1, 0.15) is 0 Å². The normalized spacial score (nSPS) is 10.2. The summed E-state index contributed by atoms with van der Waals surface area (Å²) in [5.74, 6) is 6.00. The summed E-state index contributed by atoms with van der Waals surface area (Å²) in [5.41, 5.74) is 5.30. The first-order valence-corrected chi connectivity index (χ1v) is 3.92. The number of anilines is 1. The Morgan fingerprint density at radius 3 is 2.92 bits per heavy atom. The van der Waals surface area contributed by atoms with Crippen molar-refractivity contribution < 1.29 is 4.52 Å². The fraction of sp³-hybridized carbons (Fsp3) is 0.600. The molecule has 0 aliphatic rings. The molecule has 0 saturated heterocycles. The minimum atomic E-state index is 0.146. The first-order chi connectivity index (χ1) is 5.74. The summed E-state index contributed by atoms with van der Waals surface area (Å²) in [5, 5.41) is 3.89. The van der Waals surface area contributed by atoms with E-state index in [1.54, 1.807) is 0 Å². The average molecular weight is 189 g/mol. The van der Waals surface area contributed by atoms with Gasteiger partial charge in [0.05, 0.1) is 0 Å². The van der Waals surface area contributed by atoms with Crippen LogP contribution in [-0.4, -0.2) is 23.2 Å². The summed E-state index contributed by atoms with van der Waals surface area (Å²) in [6, 6.07) is 0. The minimum absolute atomic E-state index is 0.146. The molecule has 12 heavy (non-hydrogen) atoms. The Balaban J connectivity index is 2.53. The third-order valence-electron chi connectivity index (χ3n) is 1.30. The van der Waals surface area contributed by atoms with E-state index >= 15 is 0 Å². The van der Waals surface area contributed by atoms with Crippen LogP contribution in [0.2, 0.25) is 0 Å². The molecule has 1 heterocycles. The van der Waals surface area contributed by atoms with Crippen molar-refractivity contribution in [3.63, 3.8) is 0 Å². The summed E-state index contributed by atoms with van der Waals surface area (Å²) in [6.07, 6.45) is 0.796. The summed E-state index contributed by atoms with van der Waals surface area (Å²) in [6.45, 7) is 1.21. The van der Waals surface area contributed by atoms with Gasteiger partial charge in [-0.1, -0.05) is 0 Å². The highest BCUT2D eigenvalue weighted by Crippen LogP contribution is 2.01. The molecule has 7 heteroatoms. The lowest BCUT2D eigenvalue weighted by atomic mass is 10.4. The molecule has 5 N–H and O–H groups in total. The van der Waals surface area contributed by atoms with Gasteiger partial charge in [0.15, 0.2) is 0 Å². The van der Waals surface area contributed by atoms with Gasteiger partial charge < -0.3 is 10.3 Å². The Hall–Kier alpha value is -0.920. The van der Waals surface area contributed by atoms with Crippen molar-refractivity contribution in [2.24, 2.45) is 11.6 Å². The molecular weight excluding hydrogens is 178 g/mol. The van der Waals surface area contributed by atoms with Gasteiger partial charge in [0.2, 0.25) is 0 Å². The first kappa shape index (κ1) is 9.17. The molecule has 0 bridgehead atoms. The fourth-order valence-electron chi connectivity index (χ4n) is 0.712. The van der Waals surface area contributed by atoms with E-state index in [1.807, 2.05) is 0 Å². The van der Waals surface area contributed by atoms with E-state index < -0.39 is 0 Å². The van der Waals surface area contributed by atoms with Crippen LogP contribution >= 0.6 is 12.2 Å². The molecule has 1 aromatic heterocycles. The van der Waals surface area contributed by atoms with Crippen LogP contribution in [0.15, 0.2) is 4.52 Å². The van der Waals surface area contributed by atoms with Gasteiger partial charge in [-0.05, 0) is 25.2 Å². The Kier molecular flexibility index (Phi) is 3.20. The van der Waals surface area contributed by atoms with Crippen molar-refractivity contribution in [2.45, 2.75) is 6.42 Å². The van der Waals surface area contributed by atoms with E-state index in [1.165, 1.54) is 5.01 Å². The number of nitrogens with zero attached hydrogens (tertiary/aromatic N) is 2. The van der Waals surface area contributed by atoms with Crippen molar-refractivity contribution in [1.82, 2.24) is 10.1 Å². The molecule has 0 aliphatic carbocycles. The maximum absolute atomic E-state index is 5.57. The predicted octanol–water partition coefficient (Wildman–Crippen LogP) is -0.239. The molecule has 68 valence electrons. The van der Waals surface area contributed by atoms with E-state index in [0.29, 0.717) is 19.0 Å². The van der Waals surface area contributed by atoms with Crippen LogP contribution in [-0.2, 0) is 0 Å². The Morgan fingerprint density at radius 1 is 1.67 bits per heavy atom. The highest BCUT2D eigenvalue weighted by Gasteiger charge is 2.03. The molecule has 1 rings (SSSR count). The molecule has 0 amide bonds. The molecular formula is C5H11N5OS. The lowest BCUT2D eigenvalue weighted by Gasteiger charge is -2.12. The summed E-state index contributed by atoms with van der Waals surface area (Å²) in [7, 11) is 0. The first-order valence-electron chi connectivity index (χ1n) is 3.52. The standard InChI is InChI=1S/C5H11N5OS/c6-2-1-3-10(7)4-8-5(12)11-9-4/h1-3,6-7H2,(H,8,9,12). The van der Waals surface area contributed by atoms with Gasteiger partial charge in [-0.15, -0.1) is 0 Å². The largest absolute Gasteiger partial charge is 0.346 e. The highest BCUT2D eigenvalue weighted by atomic mass is 32.1. The Morgan fingerprint density at radius 2 is 2.42 bits per heavy atom. The molecule has 0 unspecified atom stereocenters. The Bertz CT molecular complexity index is 281. The van der Waals surface area contributed by atoms with Crippen LogP contribution in [0.25, 0.3) is 0 Å². The van der Waals surface area contributed by atoms with Crippen molar-refractivity contribution in [3.8, 4) is 0 Å². The molecule has 0 spiro atoms. The molecule has 0 fully saturated rings. The average Bonchev–Trinajstić information content (AvgIpc) is 2.47. The number of H-pyrrole nitrogens is 1. The van der Waals surface area contributed by atoms with Gasteiger partial charge >= 0.3 is 4.84 Å². The van der Waals surface area contributed by atoms with E-state index in [-0.39, 0.29) is 4.84 Å². The van der Waals surface area contributed by atoms with Crippen LogP contribution in [0, 0.1) is 4.84 Å². The van der Waals surface area contributed by atoms with Crippen LogP contribution in [0.4, 0.5) is 5.95 Å². The summed E-state index contributed by atoms with van der Waals surface area (Å²) < 4.78 is 4.69. The number of nitrogens with one attached hydrogen (secondary N) is 1. The predicted molar refractivity (Wildman–Crippen MR) is 46.9 cm³/mol. The molecule has 1 aromatic rings. The van der Waals surface area contributed by atoms with Gasteiger partial charge in [0, 0.05) is 6.54 Å². The van der Waals surface area contributed by atoms with Crippen molar-refractivity contribution in [1.29, 1.82) is 0 Å². The van der Waals surface area contributed by atoms with E-state index in [9.17, 15) is 0 Å². The quantitative estimate of drug-likeness (QED) is 0.343. The number of aromatic nitrogens is 2. The van der Waals surface area contributed by atoms with Gasteiger partial charge in [0.25, 0.3) is 5.95 Å². The maximum atomic E-state index is 5.57. The van der Waals surface area contributed by atoms with Crippen LogP contribution in [0.3, 0.4) is 0 Å². The SMILES string of the molecule is NCCCN(N)c1nc(=S)o[nH]1. The van der Waals surface area contributed by atoms with Gasteiger partial charge in [-0.2, -0.15) is 10.1 Å². The van der Waals surface area contributed by atoms with Gasteiger partial charge in [-0.25, -0.2) is 5.84 Å². The maximum Gasteiger partial charge on any atom is 0.315 e. The highest BCUT2D eigenvalue weighted by molar-refractivity contribution is 7.71. The van der Waals surface area contributed by atoms with Crippen molar-refractivity contribution >= 4 is 18.2 Å². The van der Waals surface area contributed by atoms with E-state index in [2.05, 4.69) is 22.4 Å². The zero-order chi connectivity index (χ0) is 8.97. The number of hydrogen-bond donors (Lipinski definition) is 3. The topological polar surface area (TPSA) is 97.1 Å². The fourth-order valence-corrected chi connectivity index (χ4v) is 0.840. The number of hydrogen-bond acceptors (Lipinski definition) is 6. The van der Waals surface area contributed by atoms with E-state index in [4.69, 9.17) is 16.1 Å². The second-order valence-corrected chi connectivity index (χ2v) is 2.59. The van der Waals surface area contributed by atoms with Crippen molar-refractivity contribution in [3.05, 3.63) is 4.84 Å².